The van der Waals surface area contributed by atoms with Crippen molar-refractivity contribution in [3.05, 3.63) is 28.2 Å². The molecule has 1 N–H and O–H groups in total. The summed E-state index contributed by atoms with van der Waals surface area (Å²) in [4.78, 5) is 1.87. The van der Waals surface area contributed by atoms with Crippen LogP contribution in [0.2, 0.25) is 0 Å². The third-order valence-corrected chi connectivity index (χ3v) is 4.52. The fourth-order valence-corrected chi connectivity index (χ4v) is 3.23. The van der Waals surface area contributed by atoms with Crippen LogP contribution in [0.1, 0.15) is 19.8 Å². The monoisotopic (exact) mass is 330 g/mol. The van der Waals surface area contributed by atoms with Gasteiger partial charge in [-0.15, -0.1) is 0 Å². The normalized spacial score (nSPS) is 27.7. The maximum atomic E-state index is 14.1. The molecule has 1 aliphatic carbocycles. The molecule has 2 fully saturated rings. The van der Waals surface area contributed by atoms with Crippen molar-refractivity contribution >= 4 is 21.6 Å². The van der Waals surface area contributed by atoms with E-state index in [1.54, 1.807) is 0 Å². The van der Waals surface area contributed by atoms with Crippen LogP contribution in [0.4, 0.5) is 14.5 Å². The van der Waals surface area contributed by atoms with Crippen LogP contribution < -0.4 is 10.2 Å². The maximum Gasteiger partial charge on any atom is 0.150 e. The average molecular weight is 331 g/mol. The first-order valence-electron chi connectivity index (χ1n) is 6.71. The molecule has 2 unspecified atom stereocenters. The number of nitrogens with one attached hydrogen (secondary N) is 1. The van der Waals surface area contributed by atoms with E-state index < -0.39 is 11.6 Å². The molecule has 3 rings (SSSR count). The Hall–Kier alpha value is -0.680. The van der Waals surface area contributed by atoms with E-state index in [0.29, 0.717) is 23.0 Å². The van der Waals surface area contributed by atoms with Crippen LogP contribution >= 0.6 is 15.9 Å². The highest BCUT2D eigenvalue weighted by Gasteiger charge is 2.37. The average Bonchev–Trinajstić information content (AvgIpc) is 3.14. The van der Waals surface area contributed by atoms with E-state index in [1.807, 2.05) is 11.8 Å². The van der Waals surface area contributed by atoms with Gasteiger partial charge < -0.3 is 10.2 Å². The quantitative estimate of drug-likeness (QED) is 0.895. The van der Waals surface area contributed by atoms with Crippen LogP contribution in [0.15, 0.2) is 16.6 Å². The third-order valence-electron chi connectivity index (χ3n) is 4.06. The standard InChI is InChI=1S/C14H17BrF2N2/c1-8-6-18-13(9-2-3-9)7-19(8)14-11(16)4-10(15)5-12(14)17/h4-5,8-9,13,18H,2-3,6-7H2,1H3. The van der Waals surface area contributed by atoms with Crippen LogP contribution in [-0.2, 0) is 0 Å². The molecule has 1 heterocycles. The van der Waals surface area contributed by atoms with E-state index in [-0.39, 0.29) is 11.7 Å². The Morgan fingerprint density at radius 3 is 2.47 bits per heavy atom. The van der Waals surface area contributed by atoms with Gasteiger partial charge in [-0.1, -0.05) is 15.9 Å². The molecule has 5 heteroatoms. The van der Waals surface area contributed by atoms with Crippen LogP contribution in [0, 0.1) is 17.6 Å². The minimum Gasteiger partial charge on any atom is -0.361 e. The minimum atomic E-state index is -0.491. The molecule has 1 saturated heterocycles. The molecule has 2 nitrogen and oxygen atoms in total. The van der Waals surface area contributed by atoms with E-state index in [2.05, 4.69) is 21.2 Å². The molecule has 1 aliphatic heterocycles. The predicted octanol–water partition coefficient (Wildman–Crippen LogP) is 3.30. The zero-order chi connectivity index (χ0) is 13.6. The van der Waals surface area contributed by atoms with Crippen molar-refractivity contribution in [2.45, 2.75) is 31.8 Å². The first kappa shape index (κ1) is 13.3. The van der Waals surface area contributed by atoms with Crippen LogP contribution in [0.3, 0.4) is 0 Å². The van der Waals surface area contributed by atoms with Gasteiger partial charge in [0.2, 0.25) is 0 Å². The molecule has 0 bridgehead atoms. The zero-order valence-electron chi connectivity index (χ0n) is 10.8. The summed E-state index contributed by atoms with van der Waals surface area (Å²) < 4.78 is 28.6. The molecule has 2 aliphatic rings. The van der Waals surface area contributed by atoms with Crippen LogP contribution in [-0.4, -0.2) is 25.2 Å². The molecular formula is C14H17BrF2N2. The number of anilines is 1. The van der Waals surface area contributed by atoms with E-state index in [0.717, 1.165) is 6.54 Å². The largest absolute Gasteiger partial charge is 0.361 e. The highest BCUT2D eigenvalue weighted by atomic mass is 79.9. The van der Waals surface area contributed by atoms with Crippen molar-refractivity contribution in [3.8, 4) is 0 Å². The lowest BCUT2D eigenvalue weighted by molar-refractivity contribution is 0.369. The molecule has 2 atom stereocenters. The Labute approximate surface area is 120 Å². The second-order valence-electron chi connectivity index (χ2n) is 5.57. The molecule has 0 spiro atoms. The first-order chi connectivity index (χ1) is 9.06. The van der Waals surface area contributed by atoms with Crippen molar-refractivity contribution in [1.29, 1.82) is 0 Å². The Morgan fingerprint density at radius 1 is 1.26 bits per heavy atom. The first-order valence-corrected chi connectivity index (χ1v) is 7.50. The zero-order valence-corrected chi connectivity index (χ0v) is 12.4. The fraction of sp³-hybridized carbons (Fsp3) is 0.571. The van der Waals surface area contributed by atoms with Crippen molar-refractivity contribution in [1.82, 2.24) is 5.32 Å². The van der Waals surface area contributed by atoms with Gasteiger partial charge in [0.15, 0.2) is 11.6 Å². The topological polar surface area (TPSA) is 15.3 Å². The molecular weight excluding hydrogens is 314 g/mol. The summed E-state index contributed by atoms with van der Waals surface area (Å²) in [6, 6.07) is 3.12. The van der Waals surface area contributed by atoms with Crippen LogP contribution in [0.25, 0.3) is 0 Å². The van der Waals surface area contributed by atoms with Gasteiger partial charge in [-0.2, -0.15) is 0 Å². The van der Waals surface area contributed by atoms with Crippen molar-refractivity contribution in [2.24, 2.45) is 5.92 Å². The number of hydrogen-bond donors (Lipinski definition) is 1. The van der Waals surface area contributed by atoms with Crippen LogP contribution in [0.5, 0.6) is 0 Å². The number of rotatable bonds is 2. The Balaban J connectivity index is 1.90. The van der Waals surface area contributed by atoms with Gasteiger partial charge in [-0.05, 0) is 37.8 Å². The Bertz CT molecular complexity index is 467. The van der Waals surface area contributed by atoms with Gasteiger partial charge in [0.25, 0.3) is 0 Å². The summed E-state index contributed by atoms with van der Waals surface area (Å²) in [5, 5.41) is 3.49. The summed E-state index contributed by atoms with van der Waals surface area (Å²) >= 11 is 3.12. The summed E-state index contributed by atoms with van der Waals surface area (Å²) in [6.07, 6.45) is 2.45. The Kier molecular flexibility index (Phi) is 3.52. The summed E-state index contributed by atoms with van der Waals surface area (Å²) in [5.41, 5.74) is 0.114. The molecule has 0 aromatic heterocycles. The van der Waals surface area contributed by atoms with E-state index in [4.69, 9.17) is 0 Å². The minimum absolute atomic E-state index is 0.0974. The highest BCUT2D eigenvalue weighted by molar-refractivity contribution is 9.10. The maximum absolute atomic E-state index is 14.1. The summed E-state index contributed by atoms with van der Waals surface area (Å²) in [6.45, 7) is 3.45. The van der Waals surface area contributed by atoms with Crippen molar-refractivity contribution < 1.29 is 8.78 Å². The van der Waals surface area contributed by atoms with Gasteiger partial charge in [0.1, 0.15) is 5.69 Å². The van der Waals surface area contributed by atoms with Gasteiger partial charge in [-0.3, -0.25) is 0 Å². The number of nitrogens with zero attached hydrogens (tertiary/aromatic N) is 1. The number of benzene rings is 1. The van der Waals surface area contributed by atoms with Crippen molar-refractivity contribution in [2.75, 3.05) is 18.0 Å². The van der Waals surface area contributed by atoms with E-state index >= 15 is 0 Å². The highest BCUT2D eigenvalue weighted by Crippen LogP contribution is 2.36. The predicted molar refractivity (Wildman–Crippen MR) is 75.4 cm³/mol. The molecule has 1 saturated carbocycles. The van der Waals surface area contributed by atoms with E-state index in [1.165, 1.54) is 25.0 Å². The van der Waals surface area contributed by atoms with Gasteiger partial charge in [0, 0.05) is 29.6 Å². The molecule has 0 amide bonds. The van der Waals surface area contributed by atoms with Gasteiger partial charge in [-0.25, -0.2) is 8.78 Å². The number of halogens is 3. The molecule has 19 heavy (non-hydrogen) atoms. The molecule has 104 valence electrons. The SMILES string of the molecule is CC1CNC(C2CC2)CN1c1c(F)cc(Br)cc1F. The lowest BCUT2D eigenvalue weighted by atomic mass is 10.0. The fourth-order valence-electron chi connectivity index (χ4n) is 2.82. The summed E-state index contributed by atoms with van der Waals surface area (Å²) in [7, 11) is 0. The molecule has 1 aromatic carbocycles. The Morgan fingerprint density at radius 2 is 1.89 bits per heavy atom. The molecule has 1 aromatic rings. The van der Waals surface area contributed by atoms with Gasteiger partial charge >= 0.3 is 0 Å². The van der Waals surface area contributed by atoms with Gasteiger partial charge in [0.05, 0.1) is 0 Å². The second-order valence-corrected chi connectivity index (χ2v) is 6.49. The second kappa shape index (κ2) is 5.02. The van der Waals surface area contributed by atoms with Crippen molar-refractivity contribution in [3.63, 3.8) is 0 Å². The van der Waals surface area contributed by atoms with E-state index in [9.17, 15) is 8.78 Å². The number of hydrogen-bond acceptors (Lipinski definition) is 2. The lowest BCUT2D eigenvalue weighted by Crippen LogP contribution is -2.56. The number of piperazine rings is 1. The molecule has 0 radical (unpaired) electrons. The smallest absolute Gasteiger partial charge is 0.150 e. The third kappa shape index (κ3) is 2.63. The lowest BCUT2D eigenvalue weighted by Gasteiger charge is -2.40. The summed E-state index contributed by atoms with van der Waals surface area (Å²) in [5.74, 6) is -0.304.